The Kier molecular flexibility index (Phi) is 2.63. The third-order valence-electron chi connectivity index (χ3n) is 2.76. The lowest BCUT2D eigenvalue weighted by molar-refractivity contribution is 0.586. The van der Waals surface area contributed by atoms with Crippen molar-refractivity contribution < 1.29 is 0 Å². The summed E-state index contributed by atoms with van der Waals surface area (Å²) in [5.41, 5.74) is 1.10. The number of piperazine rings is 1. The Bertz CT molecular complexity index is 442. The van der Waals surface area contributed by atoms with E-state index in [1.54, 1.807) is 11.3 Å². The number of aromatic nitrogens is 2. The van der Waals surface area contributed by atoms with Crippen molar-refractivity contribution in [2.24, 2.45) is 0 Å². The number of nitrogens with zero attached hydrogens (tertiary/aromatic N) is 2. The van der Waals surface area contributed by atoms with Crippen LogP contribution in [-0.4, -0.2) is 36.1 Å². The first kappa shape index (κ1) is 9.86. The first-order valence-electron chi connectivity index (χ1n) is 5.48. The van der Waals surface area contributed by atoms with Crippen LogP contribution in [0.15, 0.2) is 23.7 Å². The summed E-state index contributed by atoms with van der Waals surface area (Å²) in [6, 6.07) is 4.06. The van der Waals surface area contributed by atoms with E-state index in [-0.39, 0.29) is 0 Å². The molecule has 4 nitrogen and oxygen atoms in total. The molecule has 1 fully saturated rings. The Morgan fingerprint density at radius 3 is 2.94 bits per heavy atom. The molecule has 16 heavy (non-hydrogen) atoms. The largest absolute Gasteiger partial charge is 0.359 e. The third-order valence-corrected chi connectivity index (χ3v) is 3.62. The second kappa shape index (κ2) is 4.27. The maximum absolute atomic E-state index is 4.66. The molecule has 0 saturated carbocycles. The van der Waals surface area contributed by atoms with Crippen LogP contribution in [-0.2, 0) is 0 Å². The molecule has 2 aromatic heterocycles. The smallest absolute Gasteiger partial charge is 0.142 e. The van der Waals surface area contributed by atoms with E-state index in [0.29, 0.717) is 0 Å². The minimum atomic E-state index is 1.05. The van der Waals surface area contributed by atoms with Gasteiger partial charge in [-0.05, 0) is 12.1 Å². The zero-order valence-electron chi connectivity index (χ0n) is 8.94. The van der Waals surface area contributed by atoms with Gasteiger partial charge in [0.25, 0.3) is 0 Å². The number of hydrogen-bond donors (Lipinski definition) is 2. The van der Waals surface area contributed by atoms with Crippen molar-refractivity contribution in [2.45, 2.75) is 0 Å². The van der Waals surface area contributed by atoms with Gasteiger partial charge in [-0.2, -0.15) is 0 Å². The molecule has 1 aliphatic rings. The quantitative estimate of drug-likeness (QED) is 0.828. The predicted molar refractivity (Wildman–Crippen MR) is 67.0 cm³/mol. The van der Waals surface area contributed by atoms with Gasteiger partial charge in [0.2, 0.25) is 0 Å². The third kappa shape index (κ3) is 1.83. The first-order valence-corrected chi connectivity index (χ1v) is 6.36. The number of hydrogen-bond acceptors (Lipinski definition) is 4. The molecule has 0 amide bonds. The van der Waals surface area contributed by atoms with Gasteiger partial charge in [0, 0.05) is 37.8 Å². The summed E-state index contributed by atoms with van der Waals surface area (Å²) in [7, 11) is 0. The fraction of sp³-hybridized carbons (Fsp3) is 0.364. The molecule has 2 aromatic rings. The molecule has 0 unspecified atom stereocenters. The summed E-state index contributed by atoms with van der Waals surface area (Å²) in [6.45, 7) is 4.20. The highest BCUT2D eigenvalue weighted by molar-refractivity contribution is 7.13. The molecule has 0 aliphatic carbocycles. The normalized spacial score (nSPS) is 16.6. The number of nitrogens with one attached hydrogen (secondary N) is 2. The molecule has 3 rings (SSSR count). The van der Waals surface area contributed by atoms with Crippen molar-refractivity contribution >= 4 is 17.2 Å². The predicted octanol–water partition coefficient (Wildman–Crippen LogP) is 1.55. The minimum absolute atomic E-state index is 1.05. The number of thiazole rings is 1. The van der Waals surface area contributed by atoms with Crippen molar-refractivity contribution in [1.82, 2.24) is 15.3 Å². The number of aromatic amines is 1. The maximum Gasteiger partial charge on any atom is 0.142 e. The van der Waals surface area contributed by atoms with Gasteiger partial charge in [0.15, 0.2) is 0 Å². The zero-order valence-corrected chi connectivity index (χ0v) is 9.76. The Labute approximate surface area is 98.3 Å². The number of rotatable bonds is 2. The Morgan fingerprint density at radius 1 is 1.31 bits per heavy atom. The highest BCUT2D eigenvalue weighted by atomic mass is 32.1. The Balaban J connectivity index is 1.82. The van der Waals surface area contributed by atoms with Crippen molar-refractivity contribution in [3.63, 3.8) is 0 Å². The van der Waals surface area contributed by atoms with E-state index in [9.17, 15) is 0 Å². The monoisotopic (exact) mass is 234 g/mol. The summed E-state index contributed by atoms with van der Waals surface area (Å²) in [6.07, 6.45) is 1.93. The minimum Gasteiger partial charge on any atom is -0.359 e. The zero-order chi connectivity index (χ0) is 10.8. The highest BCUT2D eigenvalue weighted by Crippen LogP contribution is 2.26. The van der Waals surface area contributed by atoms with Gasteiger partial charge in [-0.1, -0.05) is 0 Å². The molecule has 84 valence electrons. The average Bonchev–Trinajstić information content (AvgIpc) is 3.01. The van der Waals surface area contributed by atoms with Gasteiger partial charge >= 0.3 is 0 Å². The Hall–Kier alpha value is -1.33. The standard InChI is InChI=1S/C11H14N4S/c1-2-9(13-3-1)11-14-10(8-16-11)15-6-4-12-5-7-15/h1-3,8,12-13H,4-7H2. The van der Waals surface area contributed by atoms with E-state index in [4.69, 9.17) is 0 Å². The molecule has 0 radical (unpaired) electrons. The lowest BCUT2D eigenvalue weighted by Crippen LogP contribution is -2.43. The Morgan fingerprint density at radius 2 is 2.19 bits per heavy atom. The first-order chi connectivity index (χ1) is 7.93. The maximum atomic E-state index is 4.66. The van der Waals surface area contributed by atoms with Gasteiger partial charge in [-0.15, -0.1) is 11.3 Å². The van der Waals surface area contributed by atoms with Crippen LogP contribution in [0.4, 0.5) is 5.82 Å². The molecule has 0 atom stereocenters. The van der Waals surface area contributed by atoms with E-state index in [0.717, 1.165) is 42.7 Å². The van der Waals surface area contributed by atoms with Crippen LogP contribution in [0.3, 0.4) is 0 Å². The molecule has 1 aliphatic heterocycles. The molecule has 0 bridgehead atoms. The van der Waals surface area contributed by atoms with E-state index in [2.05, 4.69) is 31.6 Å². The van der Waals surface area contributed by atoms with Crippen LogP contribution >= 0.6 is 11.3 Å². The van der Waals surface area contributed by atoms with Gasteiger partial charge in [-0.3, -0.25) is 0 Å². The average molecular weight is 234 g/mol. The molecular weight excluding hydrogens is 220 g/mol. The summed E-state index contributed by atoms with van der Waals surface area (Å²) in [4.78, 5) is 10.2. The van der Waals surface area contributed by atoms with Crippen molar-refractivity contribution in [1.29, 1.82) is 0 Å². The number of H-pyrrole nitrogens is 1. The lowest BCUT2D eigenvalue weighted by Gasteiger charge is -2.27. The molecule has 5 heteroatoms. The van der Waals surface area contributed by atoms with Crippen LogP contribution in [0.2, 0.25) is 0 Å². The van der Waals surface area contributed by atoms with Crippen LogP contribution in [0.5, 0.6) is 0 Å². The summed E-state index contributed by atoms with van der Waals surface area (Å²) < 4.78 is 0. The van der Waals surface area contributed by atoms with Crippen LogP contribution < -0.4 is 10.2 Å². The van der Waals surface area contributed by atoms with E-state index in [1.165, 1.54) is 0 Å². The molecular formula is C11H14N4S. The molecule has 0 aromatic carbocycles. The fourth-order valence-corrected chi connectivity index (χ4v) is 2.71. The summed E-state index contributed by atoms with van der Waals surface area (Å²) >= 11 is 1.70. The second-order valence-electron chi connectivity index (χ2n) is 3.83. The summed E-state index contributed by atoms with van der Waals surface area (Å²) in [5, 5.41) is 6.56. The fourth-order valence-electron chi connectivity index (χ4n) is 1.89. The van der Waals surface area contributed by atoms with Crippen LogP contribution in [0.1, 0.15) is 0 Å². The summed E-state index contributed by atoms with van der Waals surface area (Å²) in [5.74, 6) is 1.11. The van der Waals surface area contributed by atoms with Crippen molar-refractivity contribution in [2.75, 3.05) is 31.1 Å². The topological polar surface area (TPSA) is 44.0 Å². The van der Waals surface area contributed by atoms with E-state index >= 15 is 0 Å². The van der Waals surface area contributed by atoms with Crippen molar-refractivity contribution in [3.8, 4) is 10.7 Å². The molecule has 3 heterocycles. The molecule has 0 spiro atoms. The van der Waals surface area contributed by atoms with Crippen molar-refractivity contribution in [3.05, 3.63) is 23.7 Å². The van der Waals surface area contributed by atoms with Gasteiger partial charge in [0.05, 0.1) is 5.69 Å². The van der Waals surface area contributed by atoms with E-state index in [1.807, 2.05) is 12.3 Å². The van der Waals surface area contributed by atoms with Gasteiger partial charge < -0.3 is 15.2 Å². The van der Waals surface area contributed by atoms with Crippen LogP contribution in [0.25, 0.3) is 10.7 Å². The highest BCUT2D eigenvalue weighted by Gasteiger charge is 2.14. The number of anilines is 1. The van der Waals surface area contributed by atoms with Gasteiger partial charge in [-0.25, -0.2) is 4.98 Å². The van der Waals surface area contributed by atoms with E-state index < -0.39 is 0 Å². The molecule has 2 N–H and O–H groups in total. The van der Waals surface area contributed by atoms with Gasteiger partial charge in [0.1, 0.15) is 10.8 Å². The SMILES string of the molecule is c1c[nH]c(-c2nc(N3CCNCC3)cs2)c1. The second-order valence-corrected chi connectivity index (χ2v) is 4.69. The molecule has 1 saturated heterocycles. The van der Waals surface area contributed by atoms with Crippen LogP contribution in [0, 0.1) is 0 Å². The lowest BCUT2D eigenvalue weighted by atomic mass is 10.4.